The van der Waals surface area contributed by atoms with E-state index < -0.39 is 6.04 Å². The summed E-state index contributed by atoms with van der Waals surface area (Å²) in [5, 5.41) is 12.5. The number of aromatic nitrogens is 3. The first-order valence-corrected chi connectivity index (χ1v) is 15.4. The normalized spacial score (nSPS) is 14.2. The molecule has 3 aromatic carbocycles. The Labute approximate surface area is 255 Å². The van der Waals surface area contributed by atoms with Gasteiger partial charge in [0, 0.05) is 22.0 Å². The van der Waals surface area contributed by atoms with Crippen LogP contribution in [-0.2, 0) is 10.5 Å². The molecule has 8 nitrogen and oxygen atoms in total. The maximum Gasteiger partial charge on any atom is 0.255 e. The summed E-state index contributed by atoms with van der Waals surface area (Å²) in [4.78, 5) is 18.8. The third-order valence-electron chi connectivity index (χ3n) is 6.80. The smallest absolute Gasteiger partial charge is 0.255 e. The number of carbonyl (C=O) groups excluding carboxylic acids is 1. The van der Waals surface area contributed by atoms with Gasteiger partial charge in [0.25, 0.3) is 5.91 Å². The zero-order chi connectivity index (χ0) is 29.5. The molecule has 1 unspecified atom stereocenters. The van der Waals surface area contributed by atoms with Crippen LogP contribution in [0.2, 0.25) is 5.02 Å². The summed E-state index contributed by atoms with van der Waals surface area (Å²) in [6.07, 6.45) is 1.94. The van der Waals surface area contributed by atoms with E-state index in [0.29, 0.717) is 63.6 Å². The third kappa shape index (κ3) is 6.58. The van der Waals surface area contributed by atoms with E-state index in [9.17, 15) is 4.79 Å². The predicted molar refractivity (Wildman–Crippen MR) is 169 cm³/mol. The molecule has 10 heteroatoms. The Hall–Kier alpha value is -3.95. The topological polar surface area (TPSA) is 90.3 Å². The van der Waals surface area contributed by atoms with E-state index in [1.54, 1.807) is 4.68 Å². The van der Waals surface area contributed by atoms with Gasteiger partial charge in [0.1, 0.15) is 17.5 Å². The Morgan fingerprint density at radius 1 is 1.02 bits per heavy atom. The lowest BCUT2D eigenvalue weighted by Crippen LogP contribution is -2.32. The maximum absolute atomic E-state index is 14.1. The highest BCUT2D eigenvalue weighted by Crippen LogP contribution is 2.41. The fraction of sp³-hybridized carbons (Fsp3) is 0.281. The van der Waals surface area contributed by atoms with E-state index in [-0.39, 0.29) is 5.91 Å². The molecule has 0 saturated heterocycles. The van der Waals surface area contributed by atoms with Crippen molar-refractivity contribution >= 4 is 40.9 Å². The van der Waals surface area contributed by atoms with Gasteiger partial charge in [-0.1, -0.05) is 85.2 Å². The molecule has 1 aliphatic rings. The number of hydrogen-bond acceptors (Lipinski definition) is 7. The second-order valence-electron chi connectivity index (χ2n) is 9.73. The molecule has 2 N–H and O–H groups in total. The Bertz CT molecular complexity index is 1590. The third-order valence-corrected chi connectivity index (χ3v) is 8.05. The fourth-order valence-corrected chi connectivity index (χ4v) is 5.85. The molecule has 0 fully saturated rings. The van der Waals surface area contributed by atoms with Crippen LogP contribution in [0.1, 0.15) is 50.8 Å². The summed E-state index contributed by atoms with van der Waals surface area (Å²) < 4.78 is 13.8. The highest BCUT2D eigenvalue weighted by Gasteiger charge is 2.36. The summed E-state index contributed by atoms with van der Waals surface area (Å²) in [5.41, 5.74) is 3.60. The molecule has 1 atom stereocenters. The van der Waals surface area contributed by atoms with Crippen LogP contribution in [0.5, 0.6) is 11.5 Å². The van der Waals surface area contributed by atoms with Crippen LogP contribution in [0.25, 0.3) is 0 Å². The summed E-state index contributed by atoms with van der Waals surface area (Å²) in [6, 6.07) is 22.4. The predicted octanol–water partition coefficient (Wildman–Crippen LogP) is 7.73. The lowest BCUT2D eigenvalue weighted by Gasteiger charge is -2.30. The molecule has 2 heterocycles. The van der Waals surface area contributed by atoms with Crippen LogP contribution in [0, 0.1) is 0 Å². The number of benzene rings is 3. The van der Waals surface area contributed by atoms with Crippen LogP contribution >= 0.6 is 23.4 Å². The number of fused-ring (bicyclic) bond motifs is 1. The quantitative estimate of drug-likeness (QED) is 0.126. The van der Waals surface area contributed by atoms with Gasteiger partial charge in [0.05, 0.1) is 24.5 Å². The zero-order valence-electron chi connectivity index (χ0n) is 23.9. The molecule has 0 spiro atoms. The number of hydrogen-bond donors (Lipinski definition) is 2. The number of nitrogens with zero attached hydrogens (tertiary/aromatic N) is 3. The average Bonchev–Trinajstić information content (AvgIpc) is 3.40. The fourth-order valence-electron chi connectivity index (χ4n) is 4.74. The lowest BCUT2D eigenvalue weighted by molar-refractivity contribution is -0.113. The molecule has 1 aliphatic heterocycles. The SMILES string of the molecule is CCCCOc1ccccc1C1C(C(=O)Nc2ccccc2OCC)=C(C)Nc2nc(SCc3ccccc3Cl)nn21. The summed E-state index contributed by atoms with van der Waals surface area (Å²) >= 11 is 7.88. The molecular weight excluding hydrogens is 570 g/mol. The molecule has 218 valence electrons. The van der Waals surface area contributed by atoms with Crippen LogP contribution in [-0.4, -0.2) is 33.9 Å². The zero-order valence-corrected chi connectivity index (χ0v) is 25.5. The first-order valence-electron chi connectivity index (χ1n) is 14.1. The number of halogens is 1. The van der Waals surface area contributed by atoms with E-state index in [4.69, 9.17) is 31.2 Å². The Morgan fingerprint density at radius 3 is 2.55 bits per heavy atom. The molecule has 1 aromatic heterocycles. The van der Waals surface area contributed by atoms with Gasteiger partial charge >= 0.3 is 0 Å². The minimum absolute atomic E-state index is 0.271. The monoisotopic (exact) mass is 603 g/mol. The van der Waals surface area contributed by atoms with E-state index in [0.717, 1.165) is 24.0 Å². The first-order chi connectivity index (χ1) is 20.5. The number of anilines is 2. The molecule has 4 aromatic rings. The molecule has 0 saturated carbocycles. The van der Waals surface area contributed by atoms with Crippen molar-refractivity contribution in [2.75, 3.05) is 23.8 Å². The second kappa shape index (κ2) is 13.8. The highest BCUT2D eigenvalue weighted by molar-refractivity contribution is 7.98. The van der Waals surface area contributed by atoms with Gasteiger partial charge in [-0.3, -0.25) is 4.79 Å². The molecule has 1 amide bonds. The first kappa shape index (κ1) is 29.5. The van der Waals surface area contributed by atoms with Crippen molar-refractivity contribution in [2.24, 2.45) is 0 Å². The maximum atomic E-state index is 14.1. The van der Waals surface area contributed by atoms with Crippen molar-refractivity contribution in [2.45, 2.75) is 50.6 Å². The van der Waals surface area contributed by atoms with E-state index in [1.165, 1.54) is 11.8 Å². The molecule has 42 heavy (non-hydrogen) atoms. The van der Waals surface area contributed by atoms with Gasteiger partial charge in [-0.15, -0.1) is 5.10 Å². The average molecular weight is 604 g/mol. The number of amides is 1. The standard InChI is InChI=1S/C32H34ClN5O3S/c1-4-6-19-41-26-17-11-8-14-23(26)29-28(30(39)35-25-16-10-12-18-27(25)40-5-2)21(3)34-31-36-32(37-38(29)31)42-20-22-13-7-9-15-24(22)33/h7-18,29H,4-6,19-20H2,1-3H3,(H,35,39)(H,34,36,37). The number of nitrogens with one attached hydrogen (secondary N) is 2. The molecule has 0 bridgehead atoms. The molecule has 0 radical (unpaired) electrons. The largest absolute Gasteiger partial charge is 0.493 e. The van der Waals surface area contributed by atoms with Gasteiger partial charge in [-0.25, -0.2) is 4.68 Å². The summed E-state index contributed by atoms with van der Waals surface area (Å²) in [6.45, 7) is 6.98. The minimum atomic E-state index is -0.583. The Kier molecular flexibility index (Phi) is 9.71. The van der Waals surface area contributed by atoms with Crippen LogP contribution < -0.4 is 20.1 Å². The number of carbonyl (C=O) groups is 1. The van der Waals surface area contributed by atoms with Crippen molar-refractivity contribution in [3.8, 4) is 11.5 Å². The van der Waals surface area contributed by atoms with Crippen molar-refractivity contribution < 1.29 is 14.3 Å². The summed E-state index contributed by atoms with van der Waals surface area (Å²) in [7, 11) is 0. The van der Waals surface area contributed by atoms with Crippen molar-refractivity contribution in [3.63, 3.8) is 0 Å². The van der Waals surface area contributed by atoms with Gasteiger partial charge < -0.3 is 20.1 Å². The number of rotatable bonds is 12. The Balaban J connectivity index is 1.53. The van der Waals surface area contributed by atoms with Crippen molar-refractivity contribution in [1.29, 1.82) is 0 Å². The van der Waals surface area contributed by atoms with Gasteiger partial charge in [-0.05, 0) is 50.1 Å². The lowest BCUT2D eigenvalue weighted by atomic mass is 9.94. The number of thioether (sulfide) groups is 1. The molecule has 5 rings (SSSR count). The van der Waals surface area contributed by atoms with Crippen LogP contribution in [0.4, 0.5) is 11.6 Å². The van der Waals surface area contributed by atoms with Crippen LogP contribution in [0.15, 0.2) is 89.2 Å². The van der Waals surface area contributed by atoms with E-state index in [2.05, 4.69) is 17.6 Å². The van der Waals surface area contributed by atoms with Crippen LogP contribution in [0.3, 0.4) is 0 Å². The number of para-hydroxylation sites is 3. The number of allylic oxidation sites excluding steroid dienone is 1. The van der Waals surface area contributed by atoms with Gasteiger partial charge in [0.2, 0.25) is 11.1 Å². The second-order valence-corrected chi connectivity index (χ2v) is 11.1. The van der Waals surface area contributed by atoms with Crippen molar-refractivity contribution in [3.05, 3.63) is 100 Å². The Morgan fingerprint density at radius 2 is 1.76 bits per heavy atom. The molecule has 0 aliphatic carbocycles. The highest BCUT2D eigenvalue weighted by atomic mass is 35.5. The minimum Gasteiger partial charge on any atom is -0.493 e. The summed E-state index contributed by atoms with van der Waals surface area (Å²) in [5.74, 6) is 2.20. The van der Waals surface area contributed by atoms with E-state index in [1.807, 2.05) is 86.6 Å². The van der Waals surface area contributed by atoms with Gasteiger partial charge in [0.15, 0.2) is 0 Å². The number of ether oxygens (including phenoxy) is 2. The van der Waals surface area contributed by atoms with E-state index >= 15 is 0 Å². The van der Waals surface area contributed by atoms with Crippen molar-refractivity contribution in [1.82, 2.24) is 14.8 Å². The molecular formula is C32H34ClN5O3S. The van der Waals surface area contributed by atoms with Gasteiger partial charge in [-0.2, -0.15) is 4.98 Å². The number of unbranched alkanes of at least 4 members (excludes halogenated alkanes) is 1.